The van der Waals surface area contributed by atoms with Crippen LogP contribution in [0.25, 0.3) is 11.5 Å². The van der Waals surface area contributed by atoms with Crippen molar-refractivity contribution in [3.05, 3.63) is 78.2 Å². The maximum atomic E-state index is 13.0. The van der Waals surface area contributed by atoms with Crippen LogP contribution in [0, 0.1) is 0 Å². The number of rotatable bonds is 6. The average Bonchev–Trinajstić information content (AvgIpc) is 3.24. The van der Waals surface area contributed by atoms with Gasteiger partial charge in [-0.1, -0.05) is 48.5 Å². The van der Waals surface area contributed by atoms with Crippen LogP contribution in [0.15, 0.2) is 71.3 Å². The summed E-state index contributed by atoms with van der Waals surface area (Å²) < 4.78 is 11.6. The fourth-order valence-electron chi connectivity index (χ4n) is 3.56. The summed E-state index contributed by atoms with van der Waals surface area (Å²) in [6, 6.07) is 19.9. The number of hydrogen-bond donors (Lipinski definition) is 0. The van der Waals surface area contributed by atoms with Crippen LogP contribution in [0.3, 0.4) is 0 Å². The number of ether oxygens (including phenoxy) is 1. The summed E-state index contributed by atoms with van der Waals surface area (Å²) in [7, 11) is 0. The van der Waals surface area contributed by atoms with E-state index in [1.807, 2.05) is 53.4 Å². The standard InChI is InChI=1S/C24H26N2O3S/c1-24(2)17-29-21(18-9-5-3-6-10-18)13-26(24)22(27)16-30-15-20-14-28-23(25-20)19-11-7-4-8-12-19/h3-12,14,21H,13,15-17H2,1-2H3. The Bertz CT molecular complexity index is 972. The Labute approximate surface area is 181 Å². The summed E-state index contributed by atoms with van der Waals surface area (Å²) >= 11 is 1.56. The smallest absolute Gasteiger partial charge is 0.233 e. The zero-order valence-corrected chi connectivity index (χ0v) is 18.1. The van der Waals surface area contributed by atoms with Gasteiger partial charge in [0.15, 0.2) is 0 Å². The van der Waals surface area contributed by atoms with E-state index < -0.39 is 0 Å². The molecule has 6 heteroatoms. The van der Waals surface area contributed by atoms with Crippen LogP contribution in [0.4, 0.5) is 0 Å². The van der Waals surface area contributed by atoms with Gasteiger partial charge in [0.25, 0.3) is 0 Å². The molecular weight excluding hydrogens is 396 g/mol. The van der Waals surface area contributed by atoms with E-state index in [1.54, 1.807) is 18.0 Å². The molecule has 0 radical (unpaired) electrons. The summed E-state index contributed by atoms with van der Waals surface area (Å²) in [5.41, 5.74) is 2.58. The van der Waals surface area contributed by atoms with E-state index in [0.717, 1.165) is 16.8 Å². The molecule has 2 aromatic carbocycles. The summed E-state index contributed by atoms with van der Waals surface area (Å²) in [5, 5.41) is 0. The molecule has 1 amide bonds. The molecule has 1 aliphatic rings. The Kier molecular flexibility index (Phi) is 6.25. The predicted octanol–water partition coefficient (Wildman–Crippen LogP) is 4.95. The Morgan fingerprint density at radius 2 is 1.83 bits per heavy atom. The Morgan fingerprint density at radius 3 is 2.57 bits per heavy atom. The highest BCUT2D eigenvalue weighted by molar-refractivity contribution is 7.99. The SMILES string of the molecule is CC1(C)COC(c2ccccc2)CN1C(=O)CSCc1coc(-c2ccccc2)n1. The van der Waals surface area contributed by atoms with Gasteiger partial charge in [-0.3, -0.25) is 4.79 Å². The molecule has 2 heterocycles. The lowest BCUT2D eigenvalue weighted by molar-refractivity contribution is -0.152. The molecular formula is C24H26N2O3S. The molecule has 1 aromatic heterocycles. The number of morpholine rings is 1. The minimum atomic E-state index is -0.322. The molecule has 0 N–H and O–H groups in total. The second-order valence-corrected chi connectivity index (χ2v) is 9.02. The largest absolute Gasteiger partial charge is 0.444 e. The topological polar surface area (TPSA) is 55.6 Å². The van der Waals surface area contributed by atoms with Crippen molar-refractivity contribution in [1.82, 2.24) is 9.88 Å². The summed E-state index contributed by atoms with van der Waals surface area (Å²) in [6.45, 7) is 5.20. The van der Waals surface area contributed by atoms with Crippen LogP contribution in [0.1, 0.15) is 31.2 Å². The molecule has 1 atom stereocenters. The number of hydrogen-bond acceptors (Lipinski definition) is 5. The molecule has 5 nitrogen and oxygen atoms in total. The molecule has 1 unspecified atom stereocenters. The predicted molar refractivity (Wildman–Crippen MR) is 119 cm³/mol. The molecule has 3 aromatic rings. The second-order valence-electron chi connectivity index (χ2n) is 8.03. The number of amides is 1. The summed E-state index contributed by atoms with van der Waals surface area (Å²) in [6.07, 6.45) is 1.58. The quantitative estimate of drug-likeness (QED) is 0.562. The highest BCUT2D eigenvalue weighted by atomic mass is 32.2. The third-order valence-corrected chi connectivity index (χ3v) is 6.19. The van der Waals surface area contributed by atoms with E-state index in [4.69, 9.17) is 9.15 Å². The van der Waals surface area contributed by atoms with E-state index in [9.17, 15) is 4.79 Å². The highest BCUT2D eigenvalue weighted by Gasteiger charge is 2.38. The molecule has 0 bridgehead atoms. The lowest BCUT2D eigenvalue weighted by atomic mass is 9.98. The first kappa shape index (κ1) is 20.7. The van der Waals surface area contributed by atoms with E-state index in [-0.39, 0.29) is 17.6 Å². The monoisotopic (exact) mass is 422 g/mol. The lowest BCUT2D eigenvalue weighted by Crippen LogP contribution is -2.56. The Balaban J connectivity index is 1.34. The van der Waals surface area contributed by atoms with E-state index in [2.05, 4.69) is 31.0 Å². The van der Waals surface area contributed by atoms with Gasteiger partial charge in [-0.25, -0.2) is 4.98 Å². The third-order valence-electron chi connectivity index (χ3n) is 5.24. The van der Waals surface area contributed by atoms with Crippen molar-refractivity contribution in [3.8, 4) is 11.5 Å². The number of aromatic nitrogens is 1. The Hall–Kier alpha value is -2.57. The molecule has 0 saturated carbocycles. The van der Waals surface area contributed by atoms with Gasteiger partial charge < -0.3 is 14.1 Å². The van der Waals surface area contributed by atoms with Crippen molar-refractivity contribution in [3.63, 3.8) is 0 Å². The molecule has 0 spiro atoms. The van der Waals surface area contributed by atoms with Gasteiger partial charge >= 0.3 is 0 Å². The number of benzene rings is 2. The van der Waals surface area contributed by atoms with Crippen molar-refractivity contribution in [1.29, 1.82) is 0 Å². The van der Waals surface area contributed by atoms with Crippen LogP contribution in [0.5, 0.6) is 0 Å². The number of oxazole rings is 1. The van der Waals surface area contributed by atoms with Crippen molar-refractivity contribution in [2.75, 3.05) is 18.9 Å². The first-order chi connectivity index (χ1) is 14.5. The van der Waals surface area contributed by atoms with Crippen LogP contribution >= 0.6 is 11.8 Å². The second kappa shape index (κ2) is 9.06. The van der Waals surface area contributed by atoms with Gasteiger partial charge in [0.2, 0.25) is 11.8 Å². The number of carbonyl (C=O) groups excluding carboxylic acids is 1. The first-order valence-corrected chi connectivity index (χ1v) is 11.2. The molecule has 30 heavy (non-hydrogen) atoms. The zero-order chi connectivity index (χ0) is 21.0. The fraction of sp³-hybridized carbons (Fsp3) is 0.333. The normalized spacial score (nSPS) is 18.3. The molecule has 1 aliphatic heterocycles. The average molecular weight is 423 g/mol. The third kappa shape index (κ3) is 4.77. The zero-order valence-electron chi connectivity index (χ0n) is 17.3. The highest BCUT2D eigenvalue weighted by Crippen LogP contribution is 2.31. The van der Waals surface area contributed by atoms with Crippen LogP contribution in [-0.4, -0.2) is 40.2 Å². The maximum Gasteiger partial charge on any atom is 0.233 e. The number of thioether (sulfide) groups is 1. The minimum absolute atomic E-state index is 0.0860. The van der Waals surface area contributed by atoms with Gasteiger partial charge in [0.1, 0.15) is 12.4 Å². The molecule has 4 rings (SSSR count). The van der Waals surface area contributed by atoms with E-state index in [1.165, 1.54) is 0 Å². The number of nitrogens with zero attached hydrogens (tertiary/aromatic N) is 2. The summed E-state index contributed by atoms with van der Waals surface area (Å²) in [5.74, 6) is 1.77. The number of carbonyl (C=O) groups is 1. The van der Waals surface area contributed by atoms with E-state index in [0.29, 0.717) is 30.5 Å². The van der Waals surface area contributed by atoms with Crippen molar-refractivity contribution in [2.24, 2.45) is 0 Å². The summed E-state index contributed by atoms with van der Waals surface area (Å²) in [4.78, 5) is 19.5. The van der Waals surface area contributed by atoms with Crippen LogP contribution in [0.2, 0.25) is 0 Å². The first-order valence-electron chi connectivity index (χ1n) is 10.1. The maximum absolute atomic E-state index is 13.0. The fourth-order valence-corrected chi connectivity index (χ4v) is 4.34. The Morgan fingerprint density at radius 1 is 1.13 bits per heavy atom. The molecule has 1 fully saturated rings. The molecule has 0 aliphatic carbocycles. The van der Waals surface area contributed by atoms with Gasteiger partial charge in [-0.05, 0) is 31.5 Å². The van der Waals surface area contributed by atoms with Crippen molar-refractivity contribution in [2.45, 2.75) is 31.2 Å². The minimum Gasteiger partial charge on any atom is -0.444 e. The van der Waals surface area contributed by atoms with Gasteiger partial charge in [0.05, 0.1) is 30.1 Å². The van der Waals surface area contributed by atoms with Gasteiger partial charge in [-0.2, -0.15) is 0 Å². The molecule has 156 valence electrons. The van der Waals surface area contributed by atoms with Gasteiger partial charge in [0, 0.05) is 11.3 Å². The van der Waals surface area contributed by atoms with Crippen molar-refractivity contribution < 1.29 is 13.9 Å². The van der Waals surface area contributed by atoms with Crippen molar-refractivity contribution >= 4 is 17.7 Å². The lowest BCUT2D eigenvalue weighted by Gasteiger charge is -2.45. The van der Waals surface area contributed by atoms with Crippen LogP contribution < -0.4 is 0 Å². The van der Waals surface area contributed by atoms with Crippen LogP contribution in [-0.2, 0) is 15.3 Å². The van der Waals surface area contributed by atoms with Gasteiger partial charge in [-0.15, -0.1) is 11.8 Å². The molecule has 1 saturated heterocycles. The van der Waals surface area contributed by atoms with E-state index >= 15 is 0 Å².